The molecule has 0 aliphatic rings. The minimum atomic E-state index is -0.634. The van der Waals surface area contributed by atoms with Gasteiger partial charge in [0.2, 0.25) is 0 Å². The lowest BCUT2D eigenvalue weighted by molar-refractivity contribution is 0.0947. The molecular formula is C18H13ClFNO2. The van der Waals surface area contributed by atoms with Crippen molar-refractivity contribution < 1.29 is 13.6 Å². The Kier molecular flexibility index (Phi) is 4.44. The van der Waals surface area contributed by atoms with Crippen molar-refractivity contribution in [2.24, 2.45) is 0 Å². The van der Waals surface area contributed by atoms with Crippen LogP contribution in [-0.2, 0) is 6.54 Å². The Balaban J connectivity index is 1.67. The number of furan rings is 1. The topological polar surface area (TPSA) is 42.2 Å². The van der Waals surface area contributed by atoms with Crippen LogP contribution in [0, 0.1) is 5.82 Å². The minimum Gasteiger partial charge on any atom is -0.472 e. The van der Waals surface area contributed by atoms with Gasteiger partial charge in [-0.1, -0.05) is 41.9 Å². The van der Waals surface area contributed by atoms with Gasteiger partial charge < -0.3 is 9.73 Å². The Morgan fingerprint density at radius 1 is 1.09 bits per heavy atom. The standard InChI is InChI=1S/C18H13ClFNO2/c19-15-2-1-3-16(20)17(15)18(22)21-10-12-4-6-13(7-5-12)14-8-9-23-11-14/h1-9,11H,10H2,(H,21,22). The van der Waals surface area contributed by atoms with Crippen LogP contribution in [0.4, 0.5) is 4.39 Å². The first kappa shape index (κ1) is 15.3. The van der Waals surface area contributed by atoms with Crippen molar-refractivity contribution in [3.05, 3.63) is 83.0 Å². The number of benzene rings is 2. The van der Waals surface area contributed by atoms with Gasteiger partial charge >= 0.3 is 0 Å². The minimum absolute atomic E-state index is 0.0952. The van der Waals surface area contributed by atoms with Crippen LogP contribution < -0.4 is 5.32 Å². The molecule has 23 heavy (non-hydrogen) atoms. The van der Waals surface area contributed by atoms with E-state index in [1.54, 1.807) is 12.5 Å². The fourth-order valence-corrected chi connectivity index (χ4v) is 2.48. The summed E-state index contributed by atoms with van der Waals surface area (Å²) in [6.07, 6.45) is 3.28. The lowest BCUT2D eigenvalue weighted by Gasteiger charge is -2.08. The predicted molar refractivity (Wildman–Crippen MR) is 86.7 cm³/mol. The third kappa shape index (κ3) is 3.43. The highest BCUT2D eigenvalue weighted by Crippen LogP contribution is 2.21. The molecule has 2 aromatic carbocycles. The molecule has 0 saturated carbocycles. The number of carbonyl (C=O) groups excluding carboxylic acids is 1. The maximum absolute atomic E-state index is 13.7. The number of amides is 1. The highest BCUT2D eigenvalue weighted by atomic mass is 35.5. The Hall–Kier alpha value is -2.59. The molecular weight excluding hydrogens is 317 g/mol. The van der Waals surface area contributed by atoms with E-state index < -0.39 is 11.7 Å². The fraction of sp³-hybridized carbons (Fsp3) is 0.0556. The van der Waals surface area contributed by atoms with Gasteiger partial charge in [-0.05, 0) is 29.3 Å². The third-order valence-corrected chi connectivity index (χ3v) is 3.77. The number of rotatable bonds is 4. The fourth-order valence-electron chi connectivity index (χ4n) is 2.23. The van der Waals surface area contributed by atoms with E-state index in [2.05, 4.69) is 5.32 Å². The lowest BCUT2D eigenvalue weighted by Crippen LogP contribution is -2.24. The van der Waals surface area contributed by atoms with E-state index in [0.717, 1.165) is 16.7 Å². The summed E-state index contributed by atoms with van der Waals surface area (Å²) in [5, 5.41) is 2.76. The molecule has 116 valence electrons. The third-order valence-electron chi connectivity index (χ3n) is 3.45. The molecule has 0 aliphatic heterocycles. The van der Waals surface area contributed by atoms with Crippen LogP contribution in [0.2, 0.25) is 5.02 Å². The van der Waals surface area contributed by atoms with E-state index in [9.17, 15) is 9.18 Å². The highest BCUT2D eigenvalue weighted by molar-refractivity contribution is 6.33. The molecule has 1 amide bonds. The monoisotopic (exact) mass is 329 g/mol. The first-order valence-corrected chi connectivity index (χ1v) is 7.36. The zero-order valence-corrected chi connectivity index (χ0v) is 12.8. The second-order valence-corrected chi connectivity index (χ2v) is 5.40. The molecule has 0 aliphatic carbocycles. The van der Waals surface area contributed by atoms with E-state index in [1.165, 1.54) is 18.2 Å². The molecule has 1 N–H and O–H groups in total. The molecule has 0 unspecified atom stereocenters. The van der Waals surface area contributed by atoms with Crippen molar-refractivity contribution in [2.45, 2.75) is 6.54 Å². The van der Waals surface area contributed by atoms with Crippen molar-refractivity contribution in [1.29, 1.82) is 0 Å². The molecule has 0 saturated heterocycles. The number of carbonyl (C=O) groups is 1. The lowest BCUT2D eigenvalue weighted by atomic mass is 10.1. The number of hydrogen-bond donors (Lipinski definition) is 1. The van der Waals surface area contributed by atoms with Crippen molar-refractivity contribution in [1.82, 2.24) is 5.32 Å². The van der Waals surface area contributed by atoms with Crippen LogP contribution in [0.3, 0.4) is 0 Å². The molecule has 1 heterocycles. The summed E-state index contributed by atoms with van der Waals surface area (Å²) in [6, 6.07) is 13.7. The number of halogens is 2. The normalized spacial score (nSPS) is 10.5. The average molecular weight is 330 g/mol. The van der Waals surface area contributed by atoms with Gasteiger partial charge in [0.05, 0.1) is 23.1 Å². The SMILES string of the molecule is O=C(NCc1ccc(-c2ccoc2)cc1)c1c(F)cccc1Cl. The van der Waals surface area contributed by atoms with E-state index in [0.29, 0.717) is 0 Å². The molecule has 1 aromatic heterocycles. The summed E-state index contributed by atoms with van der Waals surface area (Å²) in [5.41, 5.74) is 2.77. The molecule has 5 heteroatoms. The second kappa shape index (κ2) is 6.67. The first-order valence-electron chi connectivity index (χ1n) is 6.99. The van der Waals surface area contributed by atoms with Gasteiger partial charge in [0.25, 0.3) is 5.91 Å². The van der Waals surface area contributed by atoms with E-state index in [4.69, 9.17) is 16.0 Å². The van der Waals surface area contributed by atoms with E-state index in [-0.39, 0.29) is 17.1 Å². The smallest absolute Gasteiger partial charge is 0.256 e. The van der Waals surface area contributed by atoms with Gasteiger partial charge in [0.15, 0.2) is 0 Å². The summed E-state index contributed by atoms with van der Waals surface area (Å²) in [7, 11) is 0. The van der Waals surface area contributed by atoms with Crippen LogP contribution in [-0.4, -0.2) is 5.91 Å². The molecule has 0 fully saturated rings. The molecule has 0 spiro atoms. The van der Waals surface area contributed by atoms with E-state index >= 15 is 0 Å². The van der Waals surface area contributed by atoms with Gasteiger partial charge in [-0.2, -0.15) is 0 Å². The Bertz CT molecular complexity index is 793. The molecule has 0 atom stereocenters. The molecule has 0 bridgehead atoms. The summed E-state index contributed by atoms with van der Waals surface area (Å²) >= 11 is 5.87. The zero-order chi connectivity index (χ0) is 16.2. The first-order chi connectivity index (χ1) is 11.1. The van der Waals surface area contributed by atoms with Crippen LogP contribution in [0.15, 0.2) is 65.5 Å². The maximum Gasteiger partial charge on any atom is 0.256 e. The van der Waals surface area contributed by atoms with Crippen LogP contribution >= 0.6 is 11.6 Å². The van der Waals surface area contributed by atoms with Crippen LogP contribution in [0.25, 0.3) is 11.1 Å². The Morgan fingerprint density at radius 2 is 1.87 bits per heavy atom. The largest absolute Gasteiger partial charge is 0.472 e. The van der Waals surface area contributed by atoms with Gasteiger partial charge in [-0.25, -0.2) is 4.39 Å². The molecule has 3 nitrogen and oxygen atoms in total. The van der Waals surface area contributed by atoms with Crippen molar-refractivity contribution >= 4 is 17.5 Å². The quantitative estimate of drug-likeness (QED) is 0.755. The van der Waals surface area contributed by atoms with Gasteiger partial charge in [0.1, 0.15) is 5.82 Å². The summed E-state index contributed by atoms with van der Waals surface area (Å²) in [5.74, 6) is -1.17. The van der Waals surface area contributed by atoms with Gasteiger partial charge in [-0.15, -0.1) is 0 Å². The average Bonchev–Trinajstić information content (AvgIpc) is 3.08. The predicted octanol–water partition coefficient (Wildman–Crippen LogP) is 4.67. The number of nitrogens with one attached hydrogen (secondary N) is 1. The Morgan fingerprint density at radius 3 is 2.52 bits per heavy atom. The highest BCUT2D eigenvalue weighted by Gasteiger charge is 2.15. The maximum atomic E-state index is 13.7. The van der Waals surface area contributed by atoms with Crippen molar-refractivity contribution in [3.63, 3.8) is 0 Å². The molecule has 0 radical (unpaired) electrons. The zero-order valence-electron chi connectivity index (χ0n) is 12.1. The van der Waals surface area contributed by atoms with Crippen molar-refractivity contribution in [2.75, 3.05) is 0 Å². The number of hydrogen-bond acceptors (Lipinski definition) is 2. The van der Waals surface area contributed by atoms with Gasteiger partial charge in [0, 0.05) is 12.1 Å². The summed E-state index contributed by atoms with van der Waals surface area (Å²) in [6.45, 7) is 0.287. The Labute approximate surface area is 137 Å². The van der Waals surface area contributed by atoms with Crippen molar-refractivity contribution in [3.8, 4) is 11.1 Å². The van der Waals surface area contributed by atoms with Crippen LogP contribution in [0.1, 0.15) is 15.9 Å². The molecule has 3 rings (SSSR count). The van der Waals surface area contributed by atoms with Crippen LogP contribution in [0.5, 0.6) is 0 Å². The van der Waals surface area contributed by atoms with E-state index in [1.807, 2.05) is 30.3 Å². The summed E-state index contributed by atoms with van der Waals surface area (Å²) in [4.78, 5) is 12.1. The second-order valence-electron chi connectivity index (χ2n) is 4.99. The molecule has 3 aromatic rings. The summed E-state index contributed by atoms with van der Waals surface area (Å²) < 4.78 is 18.7. The van der Waals surface area contributed by atoms with Gasteiger partial charge in [-0.3, -0.25) is 4.79 Å².